The molecule has 0 radical (unpaired) electrons. The Balaban J connectivity index is 1.91. The SMILES string of the molecule is NS(=O)(=O)CCCSc1ncc(-c2ccc(F)cc2)o1. The molecule has 1 aromatic heterocycles. The summed E-state index contributed by atoms with van der Waals surface area (Å²) in [5.74, 6) is 0.704. The van der Waals surface area contributed by atoms with E-state index in [1.807, 2.05) is 0 Å². The van der Waals surface area contributed by atoms with Gasteiger partial charge in [-0.2, -0.15) is 0 Å². The topological polar surface area (TPSA) is 86.2 Å². The number of thioether (sulfide) groups is 1. The van der Waals surface area contributed by atoms with Crippen LogP contribution in [0.5, 0.6) is 0 Å². The fourth-order valence-electron chi connectivity index (χ4n) is 1.49. The van der Waals surface area contributed by atoms with E-state index in [1.54, 1.807) is 18.3 Å². The molecule has 0 aliphatic rings. The minimum Gasteiger partial charge on any atom is -0.431 e. The minimum atomic E-state index is -3.42. The van der Waals surface area contributed by atoms with Crippen molar-refractivity contribution in [3.63, 3.8) is 0 Å². The van der Waals surface area contributed by atoms with Crippen LogP contribution in [0.1, 0.15) is 6.42 Å². The van der Waals surface area contributed by atoms with Gasteiger partial charge in [0.2, 0.25) is 10.0 Å². The Kier molecular flexibility index (Phi) is 4.79. The van der Waals surface area contributed by atoms with E-state index in [0.29, 0.717) is 23.2 Å². The number of sulfonamides is 1. The van der Waals surface area contributed by atoms with Crippen molar-refractivity contribution in [1.29, 1.82) is 0 Å². The molecule has 20 heavy (non-hydrogen) atoms. The molecule has 0 atom stereocenters. The predicted octanol–water partition coefficient (Wildman–Crippen LogP) is 2.25. The first-order valence-electron chi connectivity index (χ1n) is 5.79. The van der Waals surface area contributed by atoms with Crippen LogP contribution >= 0.6 is 11.8 Å². The van der Waals surface area contributed by atoms with Crippen molar-refractivity contribution >= 4 is 21.8 Å². The summed E-state index contributed by atoms with van der Waals surface area (Å²) < 4.78 is 39.8. The second-order valence-corrected chi connectivity index (χ2v) is 6.85. The molecule has 0 spiro atoms. The second kappa shape index (κ2) is 6.38. The van der Waals surface area contributed by atoms with Crippen LogP contribution in [0.15, 0.2) is 40.1 Å². The average Bonchev–Trinajstić information content (AvgIpc) is 2.83. The predicted molar refractivity (Wildman–Crippen MR) is 75.2 cm³/mol. The van der Waals surface area contributed by atoms with Crippen molar-refractivity contribution in [3.05, 3.63) is 36.3 Å². The van der Waals surface area contributed by atoms with E-state index >= 15 is 0 Å². The first kappa shape index (κ1) is 15.0. The monoisotopic (exact) mass is 316 g/mol. The number of aromatic nitrogens is 1. The lowest BCUT2D eigenvalue weighted by atomic mass is 10.2. The third-order valence-corrected chi connectivity index (χ3v) is 4.20. The molecule has 1 heterocycles. The molecule has 0 bridgehead atoms. The number of halogens is 1. The molecular formula is C12H13FN2O3S2. The van der Waals surface area contributed by atoms with Crippen molar-refractivity contribution in [1.82, 2.24) is 4.98 Å². The van der Waals surface area contributed by atoms with Gasteiger partial charge in [-0.15, -0.1) is 0 Å². The number of oxazole rings is 1. The van der Waals surface area contributed by atoms with E-state index in [4.69, 9.17) is 9.56 Å². The zero-order chi connectivity index (χ0) is 14.6. The van der Waals surface area contributed by atoms with Crippen LogP contribution < -0.4 is 5.14 Å². The number of nitrogens with two attached hydrogens (primary N) is 1. The summed E-state index contributed by atoms with van der Waals surface area (Å²) in [4.78, 5) is 4.07. The van der Waals surface area contributed by atoms with Gasteiger partial charge in [0, 0.05) is 11.3 Å². The molecule has 0 saturated carbocycles. The van der Waals surface area contributed by atoms with Gasteiger partial charge in [0.1, 0.15) is 5.82 Å². The van der Waals surface area contributed by atoms with Gasteiger partial charge in [0.05, 0.1) is 11.9 Å². The molecule has 0 aliphatic heterocycles. The number of hydrogen-bond acceptors (Lipinski definition) is 5. The van der Waals surface area contributed by atoms with Gasteiger partial charge in [-0.05, 0) is 30.7 Å². The van der Waals surface area contributed by atoms with Gasteiger partial charge >= 0.3 is 0 Å². The Morgan fingerprint density at radius 3 is 2.65 bits per heavy atom. The Bertz CT molecular complexity index is 668. The summed E-state index contributed by atoms with van der Waals surface area (Å²) in [5, 5.41) is 5.34. The standard InChI is InChI=1S/C12H13FN2O3S2/c13-10-4-2-9(3-5-10)11-8-15-12(18-11)19-6-1-7-20(14,16)17/h2-5,8H,1,6-7H2,(H2,14,16,17). The van der Waals surface area contributed by atoms with Crippen LogP contribution in [0.2, 0.25) is 0 Å². The lowest BCUT2D eigenvalue weighted by molar-refractivity contribution is 0.466. The van der Waals surface area contributed by atoms with E-state index in [-0.39, 0.29) is 11.6 Å². The quantitative estimate of drug-likeness (QED) is 0.652. The first-order valence-corrected chi connectivity index (χ1v) is 8.49. The summed E-state index contributed by atoms with van der Waals surface area (Å²) in [5.41, 5.74) is 0.732. The highest BCUT2D eigenvalue weighted by Gasteiger charge is 2.08. The Labute approximate surface area is 120 Å². The zero-order valence-electron chi connectivity index (χ0n) is 10.5. The van der Waals surface area contributed by atoms with Gasteiger partial charge in [0.15, 0.2) is 5.76 Å². The van der Waals surface area contributed by atoms with E-state index in [0.717, 1.165) is 5.56 Å². The fourth-order valence-corrected chi connectivity index (χ4v) is 2.96. The Hall–Kier alpha value is -1.38. The third kappa shape index (κ3) is 4.62. The largest absolute Gasteiger partial charge is 0.431 e. The molecule has 0 fully saturated rings. The molecule has 108 valence electrons. The molecule has 1 aromatic carbocycles. The number of benzene rings is 1. The van der Waals surface area contributed by atoms with E-state index in [1.165, 1.54) is 23.9 Å². The molecule has 8 heteroatoms. The summed E-state index contributed by atoms with van der Waals surface area (Å²) in [6.45, 7) is 0. The maximum Gasteiger partial charge on any atom is 0.256 e. The number of primary sulfonamides is 1. The fraction of sp³-hybridized carbons (Fsp3) is 0.250. The van der Waals surface area contributed by atoms with Gasteiger partial charge in [-0.3, -0.25) is 0 Å². The molecule has 2 aromatic rings. The van der Waals surface area contributed by atoms with Crippen LogP contribution in [0.4, 0.5) is 4.39 Å². The molecule has 0 aliphatic carbocycles. The van der Waals surface area contributed by atoms with Crippen LogP contribution in [0.25, 0.3) is 11.3 Å². The van der Waals surface area contributed by atoms with Crippen LogP contribution in [0.3, 0.4) is 0 Å². The highest BCUT2D eigenvalue weighted by atomic mass is 32.2. The molecule has 2 rings (SSSR count). The minimum absolute atomic E-state index is 0.0640. The lowest BCUT2D eigenvalue weighted by Crippen LogP contribution is -2.16. The molecular weight excluding hydrogens is 303 g/mol. The summed E-state index contributed by atoms with van der Waals surface area (Å²) in [6, 6.07) is 5.89. The third-order valence-electron chi connectivity index (χ3n) is 2.41. The van der Waals surface area contributed by atoms with Crippen molar-refractivity contribution in [2.24, 2.45) is 5.14 Å². The smallest absolute Gasteiger partial charge is 0.256 e. The van der Waals surface area contributed by atoms with Crippen LogP contribution in [0, 0.1) is 5.82 Å². The molecule has 0 unspecified atom stereocenters. The van der Waals surface area contributed by atoms with Crippen LogP contribution in [-0.2, 0) is 10.0 Å². The summed E-state index contributed by atoms with van der Waals surface area (Å²) in [6.07, 6.45) is 1.98. The van der Waals surface area contributed by atoms with Crippen LogP contribution in [-0.4, -0.2) is 24.9 Å². The number of rotatable bonds is 6. The Morgan fingerprint density at radius 1 is 1.30 bits per heavy atom. The van der Waals surface area contributed by atoms with Gasteiger partial charge in [0.25, 0.3) is 5.22 Å². The van der Waals surface area contributed by atoms with Gasteiger partial charge < -0.3 is 4.42 Å². The Morgan fingerprint density at radius 2 is 2.00 bits per heavy atom. The van der Waals surface area contributed by atoms with E-state index in [9.17, 15) is 12.8 Å². The molecule has 0 saturated heterocycles. The van der Waals surface area contributed by atoms with Crippen molar-refractivity contribution in [2.75, 3.05) is 11.5 Å². The number of nitrogens with zero attached hydrogens (tertiary/aromatic N) is 1. The second-order valence-electron chi connectivity index (χ2n) is 4.07. The summed E-state index contributed by atoms with van der Waals surface area (Å²) >= 11 is 1.31. The maximum absolute atomic E-state index is 12.8. The maximum atomic E-state index is 12.8. The van der Waals surface area contributed by atoms with Gasteiger partial charge in [-0.1, -0.05) is 11.8 Å². The average molecular weight is 316 g/mol. The van der Waals surface area contributed by atoms with Gasteiger partial charge in [-0.25, -0.2) is 22.9 Å². The molecule has 2 N–H and O–H groups in total. The summed E-state index contributed by atoms with van der Waals surface area (Å²) in [7, 11) is -3.42. The van der Waals surface area contributed by atoms with Crippen molar-refractivity contribution in [3.8, 4) is 11.3 Å². The van der Waals surface area contributed by atoms with E-state index < -0.39 is 10.0 Å². The zero-order valence-corrected chi connectivity index (χ0v) is 12.1. The van der Waals surface area contributed by atoms with E-state index in [2.05, 4.69) is 4.98 Å². The normalized spacial score (nSPS) is 11.7. The lowest BCUT2D eigenvalue weighted by Gasteiger charge is -1.97. The van der Waals surface area contributed by atoms with Crippen molar-refractivity contribution in [2.45, 2.75) is 11.6 Å². The first-order chi connectivity index (χ1) is 9.44. The van der Waals surface area contributed by atoms with Crippen molar-refractivity contribution < 1.29 is 17.2 Å². The molecule has 0 amide bonds. The number of hydrogen-bond donors (Lipinski definition) is 1. The molecule has 5 nitrogen and oxygen atoms in total. The highest BCUT2D eigenvalue weighted by molar-refractivity contribution is 7.99. The highest BCUT2D eigenvalue weighted by Crippen LogP contribution is 2.25.